The molecule has 0 radical (unpaired) electrons. The fourth-order valence-corrected chi connectivity index (χ4v) is 7.23. The molecule has 47 heavy (non-hydrogen) atoms. The number of hydrogen-bond donors (Lipinski definition) is 0. The molecule has 1 heterocycles. The van der Waals surface area contributed by atoms with E-state index in [1.165, 1.54) is 22.3 Å². The summed E-state index contributed by atoms with van der Waals surface area (Å²) in [7, 11) is 3.35. The van der Waals surface area contributed by atoms with Gasteiger partial charge < -0.3 is 14.2 Å². The summed E-state index contributed by atoms with van der Waals surface area (Å²) >= 11 is 0. The van der Waals surface area contributed by atoms with Crippen molar-refractivity contribution in [2.24, 2.45) is 0 Å². The van der Waals surface area contributed by atoms with Gasteiger partial charge in [-0.3, -0.25) is 9.69 Å². The highest BCUT2D eigenvalue weighted by Gasteiger charge is 2.40. The molecule has 2 aliphatic rings. The highest BCUT2D eigenvalue weighted by Crippen LogP contribution is 2.53. The van der Waals surface area contributed by atoms with E-state index >= 15 is 0 Å². The van der Waals surface area contributed by atoms with E-state index in [1.807, 2.05) is 60.7 Å². The Kier molecular flexibility index (Phi) is 7.02. The topological polar surface area (TPSA) is 48.0 Å². The van der Waals surface area contributed by atoms with Crippen LogP contribution in [0.15, 0.2) is 127 Å². The minimum absolute atomic E-state index is 0.674. The van der Waals surface area contributed by atoms with E-state index in [4.69, 9.17) is 14.2 Å². The Hall–Kier alpha value is -5.81. The minimum atomic E-state index is -0.902. The lowest BCUT2D eigenvalue weighted by atomic mass is 9.78. The molecule has 1 amide bonds. The Labute approximate surface area is 274 Å². The van der Waals surface area contributed by atoms with Gasteiger partial charge in [-0.2, -0.15) is 0 Å². The van der Waals surface area contributed by atoms with Crippen molar-refractivity contribution in [1.82, 2.24) is 0 Å². The van der Waals surface area contributed by atoms with Crippen LogP contribution in [0, 0.1) is 0 Å². The van der Waals surface area contributed by atoms with Gasteiger partial charge in [0.25, 0.3) is 0 Å². The quantitative estimate of drug-likeness (QED) is 0.168. The van der Waals surface area contributed by atoms with Gasteiger partial charge in [-0.1, -0.05) is 84.9 Å². The first-order valence-corrected chi connectivity index (χ1v) is 15.8. The fraction of sp³-hybridized carbons (Fsp3) is 0.119. The summed E-state index contributed by atoms with van der Waals surface area (Å²) in [6.45, 7) is 0. The molecule has 1 aliphatic carbocycles. The van der Waals surface area contributed by atoms with Gasteiger partial charge in [0.15, 0.2) is 17.1 Å². The summed E-state index contributed by atoms with van der Waals surface area (Å²) in [4.78, 5) is 13.9. The summed E-state index contributed by atoms with van der Waals surface area (Å²) < 4.78 is 19.0. The van der Waals surface area contributed by atoms with Crippen molar-refractivity contribution in [2.75, 3.05) is 19.1 Å². The van der Waals surface area contributed by atoms with Crippen LogP contribution in [-0.2, 0) is 23.2 Å². The van der Waals surface area contributed by atoms with Crippen LogP contribution >= 0.6 is 0 Å². The van der Waals surface area contributed by atoms with E-state index in [-0.39, 0.29) is 0 Å². The van der Waals surface area contributed by atoms with Crippen molar-refractivity contribution in [3.63, 3.8) is 0 Å². The van der Waals surface area contributed by atoms with Crippen molar-refractivity contribution >= 4 is 34.6 Å². The van der Waals surface area contributed by atoms with Crippen molar-refractivity contribution in [3.05, 3.63) is 155 Å². The van der Waals surface area contributed by atoms with E-state index in [1.54, 1.807) is 19.1 Å². The molecule has 0 saturated heterocycles. The van der Waals surface area contributed by atoms with Gasteiger partial charge >= 0.3 is 0 Å². The number of aryl methyl sites for hydroxylation is 1. The summed E-state index contributed by atoms with van der Waals surface area (Å²) in [6.07, 6.45) is 6.99. The predicted molar refractivity (Wildman–Crippen MR) is 188 cm³/mol. The van der Waals surface area contributed by atoms with Crippen molar-refractivity contribution < 1.29 is 19.0 Å². The van der Waals surface area contributed by atoms with Gasteiger partial charge in [0.1, 0.15) is 5.75 Å². The minimum Gasteiger partial charge on any atom is -0.493 e. The summed E-state index contributed by atoms with van der Waals surface area (Å²) in [5.41, 5.74) is 8.60. The maximum Gasteiger partial charge on any atom is 0.218 e. The number of hydrogen-bond acceptors (Lipinski definition) is 4. The summed E-state index contributed by atoms with van der Waals surface area (Å²) in [5.74, 6) is 2.25. The Morgan fingerprint density at radius 2 is 1.32 bits per heavy atom. The van der Waals surface area contributed by atoms with Gasteiger partial charge in [-0.15, -0.1) is 0 Å². The number of anilines is 2. The number of para-hydroxylation sites is 1. The van der Waals surface area contributed by atoms with Gasteiger partial charge in [0, 0.05) is 33.6 Å². The lowest BCUT2D eigenvalue weighted by Crippen LogP contribution is -2.35. The molecule has 0 saturated carbocycles. The molecular formula is C42H33NO4. The van der Waals surface area contributed by atoms with Crippen LogP contribution in [0.2, 0.25) is 0 Å². The SMILES string of the molecule is COc1cc2c3c(c4c(c2cc1OC)-c1ccccc1CC4)OC(c1ccccc1)(c1ccc(N(C=O)c2ccccc2)cc1)C=C3. The molecule has 8 rings (SSSR count). The number of amides is 1. The van der Waals surface area contributed by atoms with Gasteiger partial charge in [0.05, 0.1) is 14.2 Å². The maximum absolute atomic E-state index is 12.2. The average molecular weight is 616 g/mol. The highest BCUT2D eigenvalue weighted by atomic mass is 16.5. The Morgan fingerprint density at radius 1 is 0.702 bits per heavy atom. The highest BCUT2D eigenvalue weighted by molar-refractivity contribution is 6.07. The van der Waals surface area contributed by atoms with E-state index in [9.17, 15) is 4.79 Å². The third kappa shape index (κ3) is 4.58. The maximum atomic E-state index is 12.2. The Balaban J connectivity index is 1.35. The largest absolute Gasteiger partial charge is 0.493 e. The predicted octanol–water partition coefficient (Wildman–Crippen LogP) is 9.27. The van der Waals surface area contributed by atoms with Crippen LogP contribution in [0.25, 0.3) is 28.0 Å². The van der Waals surface area contributed by atoms with Gasteiger partial charge in [-0.05, 0) is 88.9 Å². The number of methoxy groups -OCH3 is 2. The number of carbonyl (C=O) groups is 1. The molecule has 6 aromatic carbocycles. The van der Waals surface area contributed by atoms with Crippen LogP contribution in [0.5, 0.6) is 17.2 Å². The van der Waals surface area contributed by atoms with Crippen LogP contribution in [0.3, 0.4) is 0 Å². The van der Waals surface area contributed by atoms with E-state index in [0.717, 1.165) is 63.8 Å². The van der Waals surface area contributed by atoms with E-state index in [2.05, 4.69) is 72.8 Å². The molecule has 0 bridgehead atoms. The zero-order chi connectivity index (χ0) is 32.0. The molecule has 5 nitrogen and oxygen atoms in total. The normalized spacial score (nSPS) is 16.0. The fourth-order valence-electron chi connectivity index (χ4n) is 7.23. The Morgan fingerprint density at radius 3 is 2.02 bits per heavy atom. The third-order valence-corrected chi connectivity index (χ3v) is 9.50. The number of rotatable bonds is 7. The summed E-state index contributed by atoms with van der Waals surface area (Å²) in [6, 6.07) is 40.9. The lowest BCUT2D eigenvalue weighted by molar-refractivity contribution is -0.106. The molecule has 0 N–H and O–H groups in total. The lowest BCUT2D eigenvalue weighted by Gasteiger charge is -2.39. The second-order valence-corrected chi connectivity index (χ2v) is 11.9. The number of fused-ring (bicyclic) bond motifs is 8. The molecule has 0 aromatic heterocycles. The monoisotopic (exact) mass is 615 g/mol. The number of ether oxygens (including phenoxy) is 3. The summed E-state index contributed by atoms with van der Waals surface area (Å²) in [5, 5.41) is 2.16. The average Bonchev–Trinajstić information content (AvgIpc) is 3.15. The van der Waals surface area contributed by atoms with Crippen LogP contribution in [0.4, 0.5) is 11.4 Å². The van der Waals surface area contributed by atoms with Crippen LogP contribution in [-0.4, -0.2) is 20.6 Å². The van der Waals surface area contributed by atoms with Crippen molar-refractivity contribution in [1.29, 1.82) is 0 Å². The smallest absolute Gasteiger partial charge is 0.218 e. The molecule has 1 aliphatic heterocycles. The first-order valence-electron chi connectivity index (χ1n) is 15.8. The number of nitrogens with zero attached hydrogens (tertiary/aromatic N) is 1. The Bertz CT molecular complexity index is 2160. The first-order chi connectivity index (χ1) is 23.1. The molecule has 5 heteroatoms. The van der Waals surface area contributed by atoms with E-state index < -0.39 is 5.60 Å². The standard InChI is InChI=1S/C42H33NO4/c1-45-38-25-36-34-23-24-42(29-12-5-3-6-13-29,30-18-20-32(21-19-30)43(27-44)31-14-7-4-8-15-31)47-41(34)35-22-17-28-11-9-10-16-33(28)40(35)37(36)26-39(38)46-2/h3-16,18-21,23-27H,17,22H2,1-2H3. The molecular weight excluding hydrogens is 582 g/mol. The van der Waals surface area contributed by atoms with E-state index in [0.29, 0.717) is 11.5 Å². The van der Waals surface area contributed by atoms with Crippen molar-refractivity contribution in [2.45, 2.75) is 18.4 Å². The molecule has 1 unspecified atom stereocenters. The zero-order valence-corrected chi connectivity index (χ0v) is 26.3. The second-order valence-electron chi connectivity index (χ2n) is 11.9. The molecule has 6 aromatic rings. The first kappa shape index (κ1) is 28.6. The molecule has 230 valence electrons. The molecule has 1 atom stereocenters. The van der Waals surface area contributed by atoms with Crippen LogP contribution in [0.1, 0.15) is 27.8 Å². The number of carbonyl (C=O) groups excluding carboxylic acids is 1. The molecule has 0 fully saturated rings. The third-order valence-electron chi connectivity index (χ3n) is 9.50. The zero-order valence-electron chi connectivity index (χ0n) is 26.3. The van der Waals surface area contributed by atoms with Crippen molar-refractivity contribution in [3.8, 4) is 28.4 Å². The number of benzene rings is 6. The van der Waals surface area contributed by atoms with Gasteiger partial charge in [-0.25, -0.2) is 0 Å². The van der Waals surface area contributed by atoms with Crippen LogP contribution < -0.4 is 19.1 Å². The molecule has 0 spiro atoms. The van der Waals surface area contributed by atoms with Gasteiger partial charge in [0.2, 0.25) is 6.41 Å². The second kappa shape index (κ2) is 11.5.